The van der Waals surface area contributed by atoms with E-state index < -0.39 is 5.91 Å². The summed E-state index contributed by atoms with van der Waals surface area (Å²) in [5.74, 6) is 0.811. The first-order valence-corrected chi connectivity index (χ1v) is 7.78. The summed E-state index contributed by atoms with van der Waals surface area (Å²) < 4.78 is 15.7. The normalized spacial score (nSPS) is 11.0. The van der Waals surface area contributed by atoms with Gasteiger partial charge in [0.15, 0.2) is 11.5 Å². The maximum Gasteiger partial charge on any atom is 0.271 e. The Labute approximate surface area is 151 Å². The first kappa shape index (κ1) is 18.6. The molecule has 2 aromatic carbocycles. The highest BCUT2D eigenvalue weighted by molar-refractivity contribution is 6.30. The highest BCUT2D eigenvalue weighted by atomic mass is 35.5. The molecule has 0 fully saturated rings. The molecule has 1 amide bonds. The van der Waals surface area contributed by atoms with Crippen molar-refractivity contribution in [2.45, 2.75) is 6.92 Å². The second-order valence-corrected chi connectivity index (χ2v) is 5.50. The monoisotopic (exact) mass is 362 g/mol. The van der Waals surface area contributed by atoms with Crippen LogP contribution in [-0.2, 0) is 0 Å². The Morgan fingerprint density at radius 1 is 0.960 bits per heavy atom. The van der Waals surface area contributed by atoms with Crippen LogP contribution in [0, 0.1) is 0 Å². The molecule has 0 bridgehead atoms. The Morgan fingerprint density at radius 2 is 1.52 bits per heavy atom. The van der Waals surface area contributed by atoms with Gasteiger partial charge in [-0.25, -0.2) is 5.43 Å². The molecule has 0 saturated carbocycles. The predicted molar refractivity (Wildman–Crippen MR) is 97.2 cm³/mol. The van der Waals surface area contributed by atoms with Crippen molar-refractivity contribution in [3.8, 4) is 17.2 Å². The highest BCUT2D eigenvalue weighted by Gasteiger charge is 2.16. The minimum absolute atomic E-state index is 0.335. The number of methoxy groups -OCH3 is 3. The van der Waals surface area contributed by atoms with Crippen molar-refractivity contribution >= 4 is 23.2 Å². The standard InChI is InChI=1S/C18H19ClN2O4/c1-11(12-5-7-14(19)8-6-12)20-21-18(22)13-9-15(23-2)17(25-4)16(10-13)24-3/h5-10H,1-4H3,(H,21,22)/b20-11-. The van der Waals surface area contributed by atoms with E-state index in [-0.39, 0.29) is 0 Å². The quantitative estimate of drug-likeness (QED) is 0.630. The first-order chi connectivity index (χ1) is 12.0. The van der Waals surface area contributed by atoms with E-state index >= 15 is 0 Å². The van der Waals surface area contributed by atoms with Gasteiger partial charge in [-0.05, 0) is 36.8 Å². The van der Waals surface area contributed by atoms with Crippen molar-refractivity contribution in [1.29, 1.82) is 0 Å². The molecular formula is C18H19ClN2O4. The molecule has 0 atom stereocenters. The van der Waals surface area contributed by atoms with Crippen LogP contribution in [0.5, 0.6) is 17.2 Å². The average molecular weight is 363 g/mol. The molecule has 0 aromatic heterocycles. The van der Waals surface area contributed by atoms with Gasteiger partial charge in [-0.15, -0.1) is 0 Å². The lowest BCUT2D eigenvalue weighted by molar-refractivity contribution is 0.0954. The number of nitrogens with one attached hydrogen (secondary N) is 1. The molecule has 0 aliphatic heterocycles. The van der Waals surface area contributed by atoms with Crippen molar-refractivity contribution in [3.05, 3.63) is 52.5 Å². The number of halogens is 1. The molecule has 0 spiro atoms. The molecule has 132 valence electrons. The average Bonchev–Trinajstić information content (AvgIpc) is 2.64. The number of hydrogen-bond donors (Lipinski definition) is 1. The van der Waals surface area contributed by atoms with E-state index in [1.165, 1.54) is 21.3 Å². The summed E-state index contributed by atoms with van der Waals surface area (Å²) in [7, 11) is 4.48. The number of amides is 1. The fraction of sp³-hybridized carbons (Fsp3) is 0.222. The van der Waals surface area contributed by atoms with E-state index in [4.69, 9.17) is 25.8 Å². The molecule has 0 aliphatic carbocycles. The van der Waals surface area contributed by atoms with Gasteiger partial charge >= 0.3 is 0 Å². The molecule has 0 unspecified atom stereocenters. The number of hydrogen-bond acceptors (Lipinski definition) is 5. The summed E-state index contributed by atoms with van der Waals surface area (Å²) >= 11 is 5.86. The Hall–Kier alpha value is -2.73. The van der Waals surface area contributed by atoms with Crippen LogP contribution in [0.3, 0.4) is 0 Å². The zero-order valence-electron chi connectivity index (χ0n) is 14.4. The Bertz CT molecular complexity index is 763. The lowest BCUT2D eigenvalue weighted by Crippen LogP contribution is -2.19. The van der Waals surface area contributed by atoms with Crippen LogP contribution in [0.25, 0.3) is 0 Å². The Kier molecular flexibility index (Phi) is 6.25. The second-order valence-electron chi connectivity index (χ2n) is 5.06. The van der Waals surface area contributed by atoms with Crippen molar-refractivity contribution in [2.75, 3.05) is 21.3 Å². The number of rotatable bonds is 6. The van der Waals surface area contributed by atoms with Crippen LogP contribution >= 0.6 is 11.6 Å². The van der Waals surface area contributed by atoms with Crippen LogP contribution in [-0.4, -0.2) is 32.9 Å². The van der Waals surface area contributed by atoms with E-state index in [9.17, 15) is 4.79 Å². The largest absolute Gasteiger partial charge is 0.493 e. The lowest BCUT2D eigenvalue weighted by Gasteiger charge is -2.13. The van der Waals surface area contributed by atoms with E-state index in [2.05, 4.69) is 10.5 Å². The van der Waals surface area contributed by atoms with Crippen LogP contribution in [0.1, 0.15) is 22.8 Å². The van der Waals surface area contributed by atoms with E-state index in [0.717, 1.165) is 5.56 Å². The Balaban J connectivity index is 2.23. The van der Waals surface area contributed by atoms with Crippen molar-refractivity contribution in [2.24, 2.45) is 5.10 Å². The Morgan fingerprint density at radius 3 is 2.00 bits per heavy atom. The number of nitrogens with zero attached hydrogens (tertiary/aromatic N) is 1. The van der Waals surface area contributed by atoms with Gasteiger partial charge in [0.05, 0.1) is 27.0 Å². The summed E-state index contributed by atoms with van der Waals surface area (Å²) in [5.41, 5.74) is 4.36. The molecule has 2 aromatic rings. The van der Waals surface area contributed by atoms with Gasteiger partial charge in [-0.1, -0.05) is 23.7 Å². The number of benzene rings is 2. The number of carbonyl (C=O) groups excluding carboxylic acids is 1. The third-order valence-electron chi connectivity index (χ3n) is 3.51. The molecule has 7 heteroatoms. The van der Waals surface area contributed by atoms with Gasteiger partial charge < -0.3 is 14.2 Å². The fourth-order valence-corrected chi connectivity index (χ4v) is 2.29. The summed E-state index contributed by atoms with van der Waals surface area (Å²) in [4.78, 5) is 12.4. The van der Waals surface area contributed by atoms with Gasteiger partial charge in [0.2, 0.25) is 5.75 Å². The molecule has 6 nitrogen and oxygen atoms in total. The minimum Gasteiger partial charge on any atom is -0.493 e. The maximum atomic E-state index is 12.4. The van der Waals surface area contributed by atoms with Crippen LogP contribution in [0.15, 0.2) is 41.5 Å². The zero-order valence-corrected chi connectivity index (χ0v) is 15.2. The zero-order chi connectivity index (χ0) is 18.4. The summed E-state index contributed by atoms with van der Waals surface area (Å²) in [6, 6.07) is 10.3. The van der Waals surface area contributed by atoms with Gasteiger partial charge in [0.1, 0.15) is 0 Å². The van der Waals surface area contributed by atoms with E-state index in [0.29, 0.717) is 33.5 Å². The first-order valence-electron chi connectivity index (χ1n) is 7.40. The second kappa shape index (κ2) is 8.39. The van der Waals surface area contributed by atoms with Crippen LogP contribution in [0.4, 0.5) is 0 Å². The van der Waals surface area contributed by atoms with Crippen molar-refractivity contribution < 1.29 is 19.0 Å². The molecule has 0 heterocycles. The van der Waals surface area contributed by atoms with Gasteiger partial charge in [-0.3, -0.25) is 4.79 Å². The molecule has 2 rings (SSSR count). The minimum atomic E-state index is -0.396. The van der Waals surface area contributed by atoms with Crippen molar-refractivity contribution in [1.82, 2.24) is 5.43 Å². The molecule has 25 heavy (non-hydrogen) atoms. The van der Waals surface area contributed by atoms with E-state index in [1.54, 1.807) is 31.2 Å². The van der Waals surface area contributed by atoms with Crippen molar-refractivity contribution in [3.63, 3.8) is 0 Å². The van der Waals surface area contributed by atoms with Crippen LogP contribution in [0.2, 0.25) is 5.02 Å². The molecule has 1 N–H and O–H groups in total. The molecular weight excluding hydrogens is 344 g/mol. The molecule has 0 saturated heterocycles. The topological polar surface area (TPSA) is 69.2 Å². The van der Waals surface area contributed by atoms with Gasteiger partial charge in [-0.2, -0.15) is 5.10 Å². The lowest BCUT2D eigenvalue weighted by atomic mass is 10.1. The number of ether oxygens (including phenoxy) is 3. The number of hydrazone groups is 1. The predicted octanol–water partition coefficient (Wildman–Crippen LogP) is 3.52. The SMILES string of the molecule is COc1cc(C(=O)N/N=C(/C)c2ccc(Cl)cc2)cc(OC)c1OC. The maximum absolute atomic E-state index is 12.4. The molecule has 0 aliphatic rings. The smallest absolute Gasteiger partial charge is 0.271 e. The summed E-state index contributed by atoms with van der Waals surface area (Å²) in [5, 5.41) is 4.75. The van der Waals surface area contributed by atoms with Gasteiger partial charge in [0, 0.05) is 10.6 Å². The van der Waals surface area contributed by atoms with Crippen LogP contribution < -0.4 is 19.6 Å². The third kappa shape index (κ3) is 4.42. The van der Waals surface area contributed by atoms with Gasteiger partial charge in [0.25, 0.3) is 5.91 Å². The summed E-state index contributed by atoms with van der Waals surface area (Å²) in [6.45, 7) is 1.79. The summed E-state index contributed by atoms with van der Waals surface area (Å²) in [6.07, 6.45) is 0. The highest BCUT2D eigenvalue weighted by Crippen LogP contribution is 2.38. The molecule has 0 radical (unpaired) electrons. The fourth-order valence-electron chi connectivity index (χ4n) is 2.17. The number of carbonyl (C=O) groups is 1. The third-order valence-corrected chi connectivity index (χ3v) is 3.77. The van der Waals surface area contributed by atoms with E-state index in [1.807, 2.05) is 12.1 Å².